The van der Waals surface area contributed by atoms with Crippen LogP contribution < -0.4 is 10.2 Å². The van der Waals surface area contributed by atoms with Crippen molar-refractivity contribution in [2.45, 2.75) is 0 Å². The summed E-state index contributed by atoms with van der Waals surface area (Å²) in [4.78, 5) is 20.8. The van der Waals surface area contributed by atoms with Gasteiger partial charge in [0, 0.05) is 24.7 Å². The molecule has 0 saturated heterocycles. The lowest BCUT2D eigenvalue weighted by molar-refractivity contribution is -0.107. The van der Waals surface area contributed by atoms with Gasteiger partial charge >= 0.3 is 0 Å². The van der Waals surface area contributed by atoms with E-state index in [1.807, 2.05) is 0 Å². The number of benzene rings is 1. The fraction of sp³-hybridized carbons (Fsp3) is 0.133. The normalized spacial score (nSPS) is 11.8. The average Bonchev–Trinajstić information content (AvgIpc) is 2.50. The summed E-state index contributed by atoms with van der Waals surface area (Å²) in [5.41, 5.74) is 1.27. The highest BCUT2D eigenvalue weighted by molar-refractivity contribution is 6.31. The van der Waals surface area contributed by atoms with Crippen LogP contribution in [0.3, 0.4) is 0 Å². The molecule has 0 unspecified atom stereocenters. The Morgan fingerprint density at radius 1 is 1.48 bits per heavy atom. The second-order valence-electron chi connectivity index (χ2n) is 3.88. The SMILES string of the molecule is C=C/C=C(\N=C)N(C=O)c1cc(Cl)ccc1C(=NC)NC. The fourth-order valence-electron chi connectivity index (χ4n) is 1.82. The van der Waals surface area contributed by atoms with Gasteiger partial charge in [0.05, 0.1) is 5.69 Å². The summed E-state index contributed by atoms with van der Waals surface area (Å²) >= 11 is 6.05. The molecule has 110 valence electrons. The Balaban J connectivity index is 3.54. The van der Waals surface area contributed by atoms with E-state index in [0.717, 1.165) is 5.56 Å². The first-order valence-corrected chi connectivity index (χ1v) is 6.49. The van der Waals surface area contributed by atoms with Crippen molar-refractivity contribution in [3.8, 4) is 0 Å². The third kappa shape index (κ3) is 3.79. The van der Waals surface area contributed by atoms with Crippen molar-refractivity contribution in [3.05, 3.63) is 53.3 Å². The second-order valence-corrected chi connectivity index (χ2v) is 4.31. The minimum absolute atomic E-state index is 0.343. The Morgan fingerprint density at radius 3 is 2.67 bits per heavy atom. The molecule has 0 bridgehead atoms. The van der Waals surface area contributed by atoms with Gasteiger partial charge in [-0.25, -0.2) is 4.99 Å². The van der Waals surface area contributed by atoms with E-state index in [1.165, 1.54) is 11.0 Å². The minimum Gasteiger partial charge on any atom is -0.373 e. The summed E-state index contributed by atoms with van der Waals surface area (Å²) in [5, 5.41) is 3.47. The second kappa shape index (κ2) is 8.01. The number of aliphatic imine (C=N–C) groups is 2. The molecule has 1 amide bonds. The molecular weight excluding hydrogens is 288 g/mol. The summed E-state index contributed by atoms with van der Waals surface area (Å²) in [6.07, 6.45) is 3.74. The third-order valence-corrected chi connectivity index (χ3v) is 2.95. The number of carbonyl (C=O) groups is 1. The number of carbonyl (C=O) groups excluding carboxylic acids is 1. The zero-order valence-corrected chi connectivity index (χ0v) is 12.8. The first-order valence-electron chi connectivity index (χ1n) is 6.11. The summed E-state index contributed by atoms with van der Waals surface area (Å²) in [6, 6.07) is 5.17. The van der Waals surface area contributed by atoms with Crippen molar-refractivity contribution in [3.63, 3.8) is 0 Å². The van der Waals surface area contributed by atoms with Gasteiger partial charge in [0.15, 0.2) is 0 Å². The van der Waals surface area contributed by atoms with Gasteiger partial charge in [-0.2, -0.15) is 0 Å². The zero-order chi connectivity index (χ0) is 15.8. The van der Waals surface area contributed by atoms with Gasteiger partial charge in [-0.15, -0.1) is 0 Å². The maximum atomic E-state index is 11.5. The van der Waals surface area contributed by atoms with Crippen LogP contribution in [0.4, 0.5) is 5.69 Å². The van der Waals surface area contributed by atoms with Gasteiger partial charge in [-0.1, -0.05) is 24.3 Å². The molecule has 0 aliphatic carbocycles. The zero-order valence-electron chi connectivity index (χ0n) is 12.0. The standard InChI is InChI=1S/C15H17ClN4O/c1-5-6-14(17-2)20(10-21)13-9-11(16)7-8-12(13)15(18-3)19-4/h5-10H,1-2H2,3-4H3,(H,18,19)/b14-6+. The number of nitrogens with one attached hydrogen (secondary N) is 1. The number of halogens is 1. The summed E-state index contributed by atoms with van der Waals surface area (Å²) in [6.45, 7) is 7.06. The van der Waals surface area contributed by atoms with Crippen molar-refractivity contribution in [2.75, 3.05) is 19.0 Å². The highest BCUT2D eigenvalue weighted by Gasteiger charge is 2.17. The number of amidine groups is 1. The fourth-order valence-corrected chi connectivity index (χ4v) is 1.99. The predicted molar refractivity (Wildman–Crippen MR) is 89.3 cm³/mol. The lowest BCUT2D eigenvalue weighted by atomic mass is 10.1. The molecule has 6 heteroatoms. The summed E-state index contributed by atoms with van der Waals surface area (Å²) in [7, 11) is 3.40. The van der Waals surface area contributed by atoms with Crippen molar-refractivity contribution in [1.29, 1.82) is 0 Å². The largest absolute Gasteiger partial charge is 0.373 e. The Kier molecular flexibility index (Phi) is 6.36. The van der Waals surface area contributed by atoms with Crippen LogP contribution in [0.2, 0.25) is 5.02 Å². The number of amides is 1. The third-order valence-electron chi connectivity index (χ3n) is 2.72. The predicted octanol–water partition coefficient (Wildman–Crippen LogP) is 2.63. The number of allylic oxidation sites excluding steroid dienone is 2. The van der Waals surface area contributed by atoms with Crippen LogP contribution in [0.1, 0.15) is 5.56 Å². The number of hydrogen-bond acceptors (Lipinski definition) is 3. The van der Waals surface area contributed by atoms with Crippen molar-refractivity contribution < 1.29 is 4.79 Å². The van der Waals surface area contributed by atoms with Crippen molar-refractivity contribution in [1.82, 2.24) is 5.32 Å². The van der Waals surface area contributed by atoms with Crippen molar-refractivity contribution >= 4 is 36.3 Å². The maximum Gasteiger partial charge on any atom is 0.219 e. The first-order chi connectivity index (χ1) is 10.1. The topological polar surface area (TPSA) is 57.1 Å². The molecule has 1 aromatic carbocycles. The molecule has 0 spiro atoms. The molecule has 1 N–H and O–H groups in total. The van der Waals surface area contributed by atoms with Crippen LogP contribution in [-0.2, 0) is 4.79 Å². The molecule has 0 radical (unpaired) electrons. The number of rotatable bonds is 6. The number of hydrogen-bond donors (Lipinski definition) is 1. The molecule has 1 aromatic rings. The molecule has 0 aliphatic heterocycles. The lowest BCUT2D eigenvalue weighted by Gasteiger charge is -2.21. The molecule has 0 aliphatic rings. The molecule has 1 rings (SSSR count). The average molecular weight is 305 g/mol. The Hall–Kier alpha value is -2.40. The Bertz CT molecular complexity index is 608. The first kappa shape index (κ1) is 16.7. The molecule has 21 heavy (non-hydrogen) atoms. The lowest BCUT2D eigenvalue weighted by Crippen LogP contribution is -2.26. The Labute approximate surface area is 129 Å². The number of nitrogens with zero attached hydrogens (tertiary/aromatic N) is 3. The summed E-state index contributed by atoms with van der Waals surface area (Å²) in [5.74, 6) is 0.964. The van der Waals surface area contributed by atoms with Gasteiger partial charge in [0.25, 0.3) is 0 Å². The van der Waals surface area contributed by atoms with Gasteiger partial charge in [-0.3, -0.25) is 14.7 Å². The monoisotopic (exact) mass is 304 g/mol. The molecule has 0 saturated carbocycles. The van der Waals surface area contributed by atoms with Gasteiger partial charge in [-0.05, 0) is 31.0 Å². The molecule has 0 atom stereocenters. The van der Waals surface area contributed by atoms with Crippen LogP contribution in [0, 0.1) is 0 Å². The molecule has 0 heterocycles. The van der Waals surface area contributed by atoms with E-state index in [1.54, 1.807) is 38.4 Å². The van der Waals surface area contributed by atoms with E-state index in [2.05, 4.69) is 28.6 Å². The van der Waals surface area contributed by atoms with Crippen molar-refractivity contribution in [2.24, 2.45) is 9.98 Å². The minimum atomic E-state index is 0.343. The Morgan fingerprint density at radius 2 is 2.19 bits per heavy atom. The molecular formula is C15H17ClN4O. The van der Waals surface area contributed by atoms with E-state index in [9.17, 15) is 4.79 Å². The van der Waals surface area contributed by atoms with Gasteiger partial charge < -0.3 is 5.32 Å². The van der Waals surface area contributed by atoms with Gasteiger partial charge in [0.1, 0.15) is 11.7 Å². The van der Waals surface area contributed by atoms with E-state index < -0.39 is 0 Å². The van der Waals surface area contributed by atoms with Crippen LogP contribution in [0.5, 0.6) is 0 Å². The van der Waals surface area contributed by atoms with Crippen LogP contribution in [-0.4, -0.2) is 33.1 Å². The summed E-state index contributed by atoms with van der Waals surface area (Å²) < 4.78 is 0. The van der Waals surface area contributed by atoms with Crippen LogP contribution in [0.25, 0.3) is 0 Å². The van der Waals surface area contributed by atoms with Gasteiger partial charge in [0.2, 0.25) is 6.41 Å². The molecule has 0 fully saturated rings. The van der Waals surface area contributed by atoms with E-state index >= 15 is 0 Å². The van der Waals surface area contributed by atoms with E-state index in [-0.39, 0.29) is 0 Å². The number of anilines is 1. The quantitative estimate of drug-likeness (QED) is 0.380. The molecule has 5 nitrogen and oxygen atoms in total. The van der Waals surface area contributed by atoms with Crippen LogP contribution >= 0.6 is 11.6 Å². The smallest absolute Gasteiger partial charge is 0.219 e. The van der Waals surface area contributed by atoms with Crippen LogP contribution in [0.15, 0.2) is 52.7 Å². The molecule has 0 aromatic heterocycles. The highest BCUT2D eigenvalue weighted by Crippen LogP contribution is 2.27. The maximum absolute atomic E-state index is 11.5. The van der Waals surface area contributed by atoms with E-state index in [4.69, 9.17) is 11.6 Å². The highest BCUT2D eigenvalue weighted by atomic mass is 35.5. The van der Waals surface area contributed by atoms with E-state index in [0.29, 0.717) is 28.8 Å².